The van der Waals surface area contributed by atoms with Gasteiger partial charge in [-0.15, -0.1) is 0 Å². The SMILES string of the molecule is COC(=O)c1c(-c2c(OC)cc(F)c(F)c2F)nn(-c2ccccc2)c1C(=O)OC. The number of para-hydroxylation sites is 1. The van der Waals surface area contributed by atoms with Gasteiger partial charge in [0.05, 0.1) is 32.6 Å². The molecule has 0 N–H and O–H groups in total. The minimum absolute atomic E-state index is 0.316. The van der Waals surface area contributed by atoms with Crippen molar-refractivity contribution in [2.45, 2.75) is 0 Å². The molecule has 10 heteroatoms. The second kappa shape index (κ2) is 8.27. The van der Waals surface area contributed by atoms with Crippen LogP contribution >= 0.6 is 0 Å². The van der Waals surface area contributed by atoms with Crippen molar-refractivity contribution in [2.75, 3.05) is 21.3 Å². The molecule has 0 saturated heterocycles. The molecule has 0 spiro atoms. The predicted molar refractivity (Wildman–Crippen MR) is 98.1 cm³/mol. The summed E-state index contributed by atoms with van der Waals surface area (Å²) in [4.78, 5) is 25.0. The Kier molecular flexibility index (Phi) is 5.77. The van der Waals surface area contributed by atoms with E-state index in [1.165, 1.54) is 0 Å². The van der Waals surface area contributed by atoms with Gasteiger partial charge in [0.15, 0.2) is 23.1 Å². The molecule has 0 radical (unpaired) electrons. The van der Waals surface area contributed by atoms with Crippen molar-refractivity contribution in [1.29, 1.82) is 0 Å². The van der Waals surface area contributed by atoms with Gasteiger partial charge in [0.25, 0.3) is 0 Å². The quantitative estimate of drug-likeness (QED) is 0.464. The first-order chi connectivity index (χ1) is 14.3. The van der Waals surface area contributed by atoms with Crippen LogP contribution in [-0.2, 0) is 9.47 Å². The molecule has 3 rings (SSSR count). The van der Waals surface area contributed by atoms with E-state index in [1.54, 1.807) is 30.3 Å². The van der Waals surface area contributed by atoms with Crippen LogP contribution in [0.5, 0.6) is 5.75 Å². The number of rotatable bonds is 5. The number of hydrogen-bond donors (Lipinski definition) is 0. The molecular weight excluding hydrogens is 405 g/mol. The van der Waals surface area contributed by atoms with Crippen LogP contribution in [0.3, 0.4) is 0 Å². The first kappa shape index (κ1) is 20.9. The van der Waals surface area contributed by atoms with Crippen molar-refractivity contribution in [2.24, 2.45) is 0 Å². The number of ether oxygens (including phenoxy) is 3. The van der Waals surface area contributed by atoms with E-state index in [0.717, 1.165) is 26.0 Å². The minimum atomic E-state index is -1.80. The molecule has 0 aliphatic carbocycles. The highest BCUT2D eigenvalue weighted by atomic mass is 19.2. The van der Waals surface area contributed by atoms with Gasteiger partial charge in [-0.25, -0.2) is 27.4 Å². The summed E-state index contributed by atoms with van der Waals surface area (Å²) < 4.78 is 57.9. The first-order valence-corrected chi connectivity index (χ1v) is 8.42. The average Bonchev–Trinajstić information content (AvgIpc) is 3.16. The molecule has 0 saturated carbocycles. The topological polar surface area (TPSA) is 79.7 Å². The number of hydrogen-bond acceptors (Lipinski definition) is 6. The number of benzene rings is 2. The molecule has 1 aromatic heterocycles. The Morgan fingerprint density at radius 2 is 1.57 bits per heavy atom. The summed E-state index contributed by atoms with van der Waals surface area (Å²) >= 11 is 0. The lowest BCUT2D eigenvalue weighted by molar-refractivity contribution is 0.0549. The maximum atomic E-state index is 14.8. The van der Waals surface area contributed by atoms with Crippen molar-refractivity contribution < 1.29 is 37.0 Å². The minimum Gasteiger partial charge on any atom is -0.496 e. The number of methoxy groups -OCH3 is 3. The van der Waals surface area contributed by atoms with Crippen molar-refractivity contribution in [1.82, 2.24) is 9.78 Å². The lowest BCUT2D eigenvalue weighted by Gasteiger charge is -2.10. The normalized spacial score (nSPS) is 10.6. The fourth-order valence-corrected chi connectivity index (χ4v) is 2.88. The second-order valence-corrected chi connectivity index (χ2v) is 5.87. The summed E-state index contributed by atoms with van der Waals surface area (Å²) in [5.41, 5.74) is -1.72. The first-order valence-electron chi connectivity index (χ1n) is 8.42. The zero-order valence-electron chi connectivity index (χ0n) is 16.0. The lowest BCUT2D eigenvalue weighted by Crippen LogP contribution is -2.15. The van der Waals surface area contributed by atoms with Gasteiger partial charge >= 0.3 is 11.9 Å². The Morgan fingerprint density at radius 3 is 2.13 bits per heavy atom. The third-order valence-electron chi connectivity index (χ3n) is 4.24. The van der Waals surface area contributed by atoms with Crippen LogP contribution in [0.4, 0.5) is 13.2 Å². The number of carbonyl (C=O) groups excluding carboxylic acids is 2. The maximum Gasteiger partial charge on any atom is 0.357 e. The van der Waals surface area contributed by atoms with Gasteiger partial charge in [-0.1, -0.05) is 18.2 Å². The fourth-order valence-electron chi connectivity index (χ4n) is 2.88. The Balaban J connectivity index is 2.48. The standard InChI is InChI=1S/C20H15F3N2O5/c1-28-12-9-11(21)15(22)16(23)13(12)17-14(19(26)29-2)18(20(27)30-3)25(24-17)10-7-5-4-6-8-10/h4-9H,1-3H3. The summed E-state index contributed by atoms with van der Waals surface area (Å²) in [6, 6.07) is 8.69. The van der Waals surface area contributed by atoms with Crippen LogP contribution in [0.15, 0.2) is 36.4 Å². The van der Waals surface area contributed by atoms with E-state index in [-0.39, 0.29) is 0 Å². The maximum absolute atomic E-state index is 14.8. The highest BCUT2D eigenvalue weighted by Crippen LogP contribution is 2.38. The van der Waals surface area contributed by atoms with Gasteiger partial charge in [-0.3, -0.25) is 0 Å². The van der Waals surface area contributed by atoms with E-state index in [2.05, 4.69) is 5.10 Å². The molecule has 0 bridgehead atoms. The van der Waals surface area contributed by atoms with Crippen molar-refractivity contribution in [3.05, 3.63) is 65.1 Å². The van der Waals surface area contributed by atoms with E-state index in [4.69, 9.17) is 14.2 Å². The fraction of sp³-hybridized carbons (Fsp3) is 0.150. The molecule has 7 nitrogen and oxygen atoms in total. The molecule has 0 aliphatic rings. The largest absolute Gasteiger partial charge is 0.496 e. The zero-order valence-corrected chi connectivity index (χ0v) is 16.0. The number of aromatic nitrogens is 2. The molecule has 0 atom stereocenters. The molecule has 3 aromatic rings. The van der Waals surface area contributed by atoms with E-state index in [9.17, 15) is 22.8 Å². The van der Waals surface area contributed by atoms with E-state index >= 15 is 0 Å². The van der Waals surface area contributed by atoms with Crippen LogP contribution in [-0.4, -0.2) is 43.0 Å². The Morgan fingerprint density at radius 1 is 0.933 bits per heavy atom. The summed E-state index contributed by atoms with van der Waals surface area (Å²) in [5, 5.41) is 4.13. The van der Waals surface area contributed by atoms with Gasteiger partial charge in [-0.05, 0) is 12.1 Å². The molecule has 0 aliphatic heterocycles. The van der Waals surface area contributed by atoms with Crippen LogP contribution in [0.2, 0.25) is 0 Å². The van der Waals surface area contributed by atoms with Gasteiger partial charge in [-0.2, -0.15) is 5.10 Å². The number of carbonyl (C=O) groups is 2. The second-order valence-electron chi connectivity index (χ2n) is 5.87. The third kappa shape index (κ3) is 3.36. The van der Waals surface area contributed by atoms with E-state index < -0.39 is 57.7 Å². The molecule has 30 heavy (non-hydrogen) atoms. The lowest BCUT2D eigenvalue weighted by atomic mass is 10.0. The highest BCUT2D eigenvalue weighted by molar-refractivity contribution is 6.07. The van der Waals surface area contributed by atoms with Crippen molar-refractivity contribution in [3.8, 4) is 22.7 Å². The summed E-state index contributed by atoms with van der Waals surface area (Å²) in [6.45, 7) is 0. The molecular formula is C20H15F3N2O5. The molecule has 2 aromatic carbocycles. The Labute approximate surface area is 168 Å². The average molecular weight is 420 g/mol. The predicted octanol–water partition coefficient (Wildman–Crippen LogP) is 3.54. The number of esters is 2. The van der Waals surface area contributed by atoms with Crippen LogP contribution in [0, 0.1) is 17.5 Å². The smallest absolute Gasteiger partial charge is 0.357 e. The molecule has 0 fully saturated rings. The Bertz CT molecular complexity index is 1130. The van der Waals surface area contributed by atoms with Crippen molar-refractivity contribution in [3.63, 3.8) is 0 Å². The van der Waals surface area contributed by atoms with Gasteiger partial charge in [0.2, 0.25) is 0 Å². The van der Waals surface area contributed by atoms with Crippen LogP contribution < -0.4 is 4.74 Å². The van der Waals surface area contributed by atoms with Crippen LogP contribution in [0.1, 0.15) is 20.8 Å². The number of halogens is 3. The van der Waals surface area contributed by atoms with Gasteiger partial charge in [0, 0.05) is 6.07 Å². The third-order valence-corrected chi connectivity index (χ3v) is 4.24. The number of nitrogens with zero attached hydrogens (tertiary/aromatic N) is 2. The monoisotopic (exact) mass is 420 g/mol. The van der Waals surface area contributed by atoms with Gasteiger partial charge in [0.1, 0.15) is 17.0 Å². The summed E-state index contributed by atoms with van der Waals surface area (Å²) in [5.74, 6) is -7.44. The molecule has 0 amide bonds. The molecule has 0 unspecified atom stereocenters. The van der Waals surface area contributed by atoms with Crippen molar-refractivity contribution >= 4 is 11.9 Å². The summed E-state index contributed by atoms with van der Waals surface area (Å²) in [7, 11) is 3.21. The van der Waals surface area contributed by atoms with Gasteiger partial charge < -0.3 is 14.2 Å². The summed E-state index contributed by atoms with van der Waals surface area (Å²) in [6.07, 6.45) is 0. The molecule has 156 valence electrons. The Hall–Kier alpha value is -3.82. The zero-order chi connectivity index (χ0) is 22.0. The van der Waals surface area contributed by atoms with Crippen LogP contribution in [0.25, 0.3) is 16.9 Å². The highest BCUT2D eigenvalue weighted by Gasteiger charge is 2.35. The van der Waals surface area contributed by atoms with E-state index in [1.807, 2.05) is 0 Å². The molecule has 1 heterocycles. The van der Waals surface area contributed by atoms with E-state index in [0.29, 0.717) is 11.8 Å².